The fraction of sp³-hybridized carbons (Fsp3) is 0.300. The molecule has 0 amide bonds. The molecule has 0 aliphatic rings. The van der Waals surface area contributed by atoms with E-state index in [9.17, 15) is 0 Å². The topological polar surface area (TPSA) is 55.5 Å². The summed E-state index contributed by atoms with van der Waals surface area (Å²) in [4.78, 5) is 0.346. The van der Waals surface area contributed by atoms with E-state index in [1.165, 1.54) is 0 Å². The van der Waals surface area contributed by atoms with Crippen molar-refractivity contribution < 1.29 is 9.84 Å². The molecule has 1 aromatic carbocycles. The summed E-state index contributed by atoms with van der Waals surface area (Å²) >= 11 is 4.85. The molecule has 76 valence electrons. The third-order valence-corrected chi connectivity index (χ3v) is 2.06. The Hall–Kier alpha value is -1.13. The maximum Gasteiger partial charge on any atom is 0.123 e. The van der Waals surface area contributed by atoms with Crippen molar-refractivity contribution >= 4 is 17.2 Å². The predicted molar refractivity (Wildman–Crippen MR) is 59.6 cm³/mol. The molecule has 0 unspecified atom stereocenters. The lowest BCUT2D eigenvalue weighted by molar-refractivity contribution is 0.200. The first-order valence-corrected chi connectivity index (χ1v) is 4.70. The maximum atomic E-state index is 8.62. The van der Waals surface area contributed by atoms with Crippen LogP contribution in [0.1, 0.15) is 11.1 Å². The summed E-state index contributed by atoms with van der Waals surface area (Å²) in [6.07, 6.45) is 0. The minimum atomic E-state index is -0.00324. The number of thiocarbonyl (C=S) groups is 1. The fourth-order valence-corrected chi connectivity index (χ4v) is 1.19. The molecular weight excluding hydrogens is 198 g/mol. The molecular formula is C10H13NO2S. The lowest BCUT2D eigenvalue weighted by atomic mass is 10.1. The van der Waals surface area contributed by atoms with E-state index >= 15 is 0 Å². The van der Waals surface area contributed by atoms with Gasteiger partial charge in [-0.05, 0) is 18.6 Å². The van der Waals surface area contributed by atoms with Crippen molar-refractivity contribution in [3.8, 4) is 5.75 Å². The van der Waals surface area contributed by atoms with Crippen LogP contribution in [0.15, 0.2) is 18.2 Å². The molecule has 3 N–H and O–H groups in total. The van der Waals surface area contributed by atoms with Crippen LogP contribution in [0.25, 0.3) is 0 Å². The number of hydrogen-bond donors (Lipinski definition) is 2. The number of rotatable bonds is 4. The second-order valence-corrected chi connectivity index (χ2v) is 3.36. The molecule has 3 nitrogen and oxygen atoms in total. The molecule has 1 rings (SSSR count). The van der Waals surface area contributed by atoms with Gasteiger partial charge >= 0.3 is 0 Å². The number of benzene rings is 1. The molecule has 0 radical (unpaired) electrons. The van der Waals surface area contributed by atoms with Gasteiger partial charge < -0.3 is 15.6 Å². The molecule has 0 fully saturated rings. The summed E-state index contributed by atoms with van der Waals surface area (Å²) in [7, 11) is 0. The minimum Gasteiger partial charge on any atom is -0.491 e. The van der Waals surface area contributed by atoms with E-state index in [2.05, 4.69) is 0 Å². The van der Waals surface area contributed by atoms with Gasteiger partial charge in [-0.15, -0.1) is 0 Å². The van der Waals surface area contributed by atoms with Gasteiger partial charge in [-0.25, -0.2) is 0 Å². The van der Waals surface area contributed by atoms with Crippen molar-refractivity contribution in [2.24, 2.45) is 5.73 Å². The van der Waals surface area contributed by atoms with Crippen LogP contribution in [-0.4, -0.2) is 23.3 Å². The molecule has 0 aliphatic carbocycles. The van der Waals surface area contributed by atoms with Gasteiger partial charge in [0, 0.05) is 5.56 Å². The molecule has 0 saturated carbocycles. The van der Waals surface area contributed by atoms with Crippen molar-refractivity contribution in [2.75, 3.05) is 13.2 Å². The zero-order chi connectivity index (χ0) is 10.6. The molecule has 0 aliphatic heterocycles. The van der Waals surface area contributed by atoms with Crippen LogP contribution in [0.3, 0.4) is 0 Å². The van der Waals surface area contributed by atoms with E-state index in [0.29, 0.717) is 10.7 Å². The minimum absolute atomic E-state index is 0.00324. The number of hydrogen-bond acceptors (Lipinski definition) is 3. The lowest BCUT2D eigenvalue weighted by Crippen LogP contribution is -2.10. The average molecular weight is 211 g/mol. The number of aryl methyl sites for hydroxylation is 1. The molecule has 14 heavy (non-hydrogen) atoms. The molecule has 0 aromatic heterocycles. The van der Waals surface area contributed by atoms with E-state index in [1.54, 1.807) is 6.07 Å². The van der Waals surface area contributed by atoms with Crippen LogP contribution < -0.4 is 10.5 Å². The third-order valence-electron chi connectivity index (χ3n) is 1.82. The van der Waals surface area contributed by atoms with Crippen LogP contribution >= 0.6 is 12.2 Å². The highest BCUT2D eigenvalue weighted by atomic mass is 32.1. The quantitative estimate of drug-likeness (QED) is 0.730. The SMILES string of the molecule is Cc1ccc(C(N)=S)cc1OCCO. The van der Waals surface area contributed by atoms with E-state index < -0.39 is 0 Å². The lowest BCUT2D eigenvalue weighted by Gasteiger charge is -2.09. The van der Waals surface area contributed by atoms with Crippen molar-refractivity contribution in [1.29, 1.82) is 0 Å². The molecule has 4 heteroatoms. The summed E-state index contributed by atoms with van der Waals surface area (Å²) < 4.78 is 5.31. The van der Waals surface area contributed by atoms with Crippen molar-refractivity contribution in [2.45, 2.75) is 6.92 Å². The Bertz CT molecular complexity index is 339. The summed E-state index contributed by atoms with van der Waals surface area (Å²) in [5.74, 6) is 0.712. The van der Waals surface area contributed by atoms with Gasteiger partial charge in [-0.2, -0.15) is 0 Å². The predicted octanol–water partition coefficient (Wildman–Crippen LogP) is 1.00. The molecule has 0 atom stereocenters. The Morgan fingerprint density at radius 1 is 1.57 bits per heavy atom. The van der Waals surface area contributed by atoms with Crippen molar-refractivity contribution in [3.63, 3.8) is 0 Å². The smallest absolute Gasteiger partial charge is 0.123 e. The second-order valence-electron chi connectivity index (χ2n) is 2.92. The monoisotopic (exact) mass is 211 g/mol. The Morgan fingerprint density at radius 2 is 2.29 bits per heavy atom. The summed E-state index contributed by atoms with van der Waals surface area (Å²) in [5, 5.41) is 8.62. The van der Waals surface area contributed by atoms with Gasteiger partial charge in [0.25, 0.3) is 0 Å². The van der Waals surface area contributed by atoms with Crippen LogP contribution in [0.4, 0.5) is 0 Å². The third kappa shape index (κ3) is 2.68. The normalized spacial score (nSPS) is 9.86. The van der Waals surface area contributed by atoms with E-state index in [-0.39, 0.29) is 13.2 Å². The van der Waals surface area contributed by atoms with Gasteiger partial charge in [0.2, 0.25) is 0 Å². The van der Waals surface area contributed by atoms with Crippen LogP contribution in [0.2, 0.25) is 0 Å². The van der Waals surface area contributed by atoms with Crippen LogP contribution in [0, 0.1) is 6.92 Å². The molecule has 0 bridgehead atoms. The Kier molecular flexibility index (Phi) is 3.85. The van der Waals surface area contributed by atoms with Gasteiger partial charge in [-0.1, -0.05) is 24.4 Å². The zero-order valence-electron chi connectivity index (χ0n) is 7.99. The zero-order valence-corrected chi connectivity index (χ0v) is 8.80. The first kappa shape index (κ1) is 10.9. The van der Waals surface area contributed by atoms with E-state index in [4.69, 9.17) is 27.8 Å². The Balaban J connectivity index is 2.90. The van der Waals surface area contributed by atoms with Gasteiger partial charge in [0.05, 0.1) is 6.61 Å². The largest absolute Gasteiger partial charge is 0.491 e. The van der Waals surface area contributed by atoms with E-state index in [0.717, 1.165) is 11.1 Å². The number of ether oxygens (including phenoxy) is 1. The molecule has 0 heterocycles. The standard InChI is InChI=1S/C10H13NO2S/c1-7-2-3-8(10(11)14)6-9(7)13-5-4-12/h2-3,6,12H,4-5H2,1H3,(H2,11,14). The van der Waals surface area contributed by atoms with Crippen molar-refractivity contribution in [3.05, 3.63) is 29.3 Å². The highest BCUT2D eigenvalue weighted by molar-refractivity contribution is 7.80. The second kappa shape index (κ2) is 4.93. The van der Waals surface area contributed by atoms with Gasteiger partial charge in [0.1, 0.15) is 17.3 Å². The molecule has 1 aromatic rings. The van der Waals surface area contributed by atoms with Gasteiger partial charge in [-0.3, -0.25) is 0 Å². The van der Waals surface area contributed by atoms with Crippen molar-refractivity contribution in [1.82, 2.24) is 0 Å². The average Bonchev–Trinajstić information content (AvgIpc) is 2.16. The Morgan fingerprint density at radius 3 is 2.86 bits per heavy atom. The maximum absolute atomic E-state index is 8.62. The number of nitrogens with two attached hydrogens (primary N) is 1. The Labute approximate surface area is 88.5 Å². The fourth-order valence-electron chi connectivity index (χ4n) is 1.06. The number of aliphatic hydroxyl groups is 1. The summed E-state index contributed by atoms with van der Waals surface area (Å²) in [6.45, 7) is 2.20. The van der Waals surface area contributed by atoms with Crippen LogP contribution in [-0.2, 0) is 0 Å². The van der Waals surface area contributed by atoms with Crippen LogP contribution in [0.5, 0.6) is 5.75 Å². The summed E-state index contributed by atoms with van der Waals surface area (Å²) in [6, 6.07) is 5.53. The highest BCUT2D eigenvalue weighted by Gasteiger charge is 2.02. The number of aliphatic hydroxyl groups excluding tert-OH is 1. The first-order valence-electron chi connectivity index (χ1n) is 4.29. The highest BCUT2D eigenvalue weighted by Crippen LogP contribution is 2.19. The summed E-state index contributed by atoms with van der Waals surface area (Å²) in [5.41, 5.74) is 7.26. The van der Waals surface area contributed by atoms with Gasteiger partial charge in [0.15, 0.2) is 0 Å². The molecule has 0 spiro atoms. The first-order chi connectivity index (χ1) is 6.65. The molecule has 0 saturated heterocycles. The van der Waals surface area contributed by atoms with E-state index in [1.807, 2.05) is 19.1 Å².